The molecule has 142 valence electrons. The van der Waals surface area contributed by atoms with Gasteiger partial charge in [0.25, 0.3) is 0 Å². The van der Waals surface area contributed by atoms with Gasteiger partial charge in [-0.25, -0.2) is 9.18 Å². The molecule has 1 unspecified atom stereocenters. The Morgan fingerprint density at radius 2 is 1.64 bits per heavy atom. The fourth-order valence-electron chi connectivity index (χ4n) is 3.08. The van der Waals surface area contributed by atoms with Crippen molar-refractivity contribution < 1.29 is 9.18 Å². The van der Waals surface area contributed by atoms with Crippen LogP contribution in [0.5, 0.6) is 0 Å². The molecule has 3 aromatic rings. The maximum absolute atomic E-state index is 13.8. The lowest BCUT2D eigenvalue weighted by molar-refractivity contribution is 0.252. The number of carbonyl (C=O) groups excluding carboxylic acids is 1. The van der Waals surface area contributed by atoms with Crippen molar-refractivity contribution in [1.82, 2.24) is 5.32 Å². The van der Waals surface area contributed by atoms with Crippen LogP contribution in [0, 0.1) is 5.82 Å². The molecule has 1 atom stereocenters. The number of nitrogens with one attached hydrogen (secondary N) is 1. The molecule has 28 heavy (non-hydrogen) atoms. The number of anilines is 1. The third-order valence-electron chi connectivity index (χ3n) is 4.39. The van der Waals surface area contributed by atoms with Gasteiger partial charge in [-0.05, 0) is 29.3 Å². The Hall–Kier alpha value is -3.60. The minimum atomic E-state index is -0.692. The molecule has 0 aliphatic rings. The monoisotopic (exact) mass is 375 g/mol. The van der Waals surface area contributed by atoms with Crippen molar-refractivity contribution in [3.05, 3.63) is 114 Å². The normalized spacial score (nSPS) is 11.5. The van der Waals surface area contributed by atoms with Gasteiger partial charge < -0.3 is 11.1 Å². The summed E-state index contributed by atoms with van der Waals surface area (Å²) in [5.74, 6) is -0.446. The Labute approximate surface area is 164 Å². The molecule has 0 aliphatic carbocycles. The predicted octanol–water partition coefficient (Wildman–Crippen LogP) is 4.76. The highest BCUT2D eigenvalue weighted by Gasteiger charge is 2.28. The Kier molecular flexibility index (Phi) is 6.07. The SMILES string of the molecule is C=C(NCc1ccccc1)C(c1ccccc1)N(C(N)=O)c1cccc(F)c1. The molecule has 5 heteroatoms. The van der Waals surface area contributed by atoms with E-state index in [1.165, 1.54) is 17.0 Å². The molecule has 3 rings (SSSR count). The quantitative estimate of drug-likeness (QED) is 0.626. The van der Waals surface area contributed by atoms with Crippen molar-refractivity contribution in [1.29, 1.82) is 0 Å². The molecule has 0 fully saturated rings. The summed E-state index contributed by atoms with van der Waals surface area (Å²) in [6.07, 6.45) is 0. The second-order valence-corrected chi connectivity index (χ2v) is 6.37. The number of carbonyl (C=O) groups is 1. The molecule has 0 radical (unpaired) electrons. The van der Waals surface area contributed by atoms with E-state index in [0.717, 1.165) is 11.1 Å². The van der Waals surface area contributed by atoms with E-state index >= 15 is 0 Å². The lowest BCUT2D eigenvalue weighted by Crippen LogP contribution is -2.42. The minimum absolute atomic E-state index is 0.365. The van der Waals surface area contributed by atoms with Gasteiger partial charge in [-0.1, -0.05) is 73.3 Å². The maximum Gasteiger partial charge on any atom is 0.320 e. The first-order valence-electron chi connectivity index (χ1n) is 8.92. The predicted molar refractivity (Wildman–Crippen MR) is 110 cm³/mol. The van der Waals surface area contributed by atoms with Gasteiger partial charge >= 0.3 is 6.03 Å². The van der Waals surface area contributed by atoms with Crippen LogP contribution in [0.25, 0.3) is 0 Å². The fraction of sp³-hybridized carbons (Fsp3) is 0.0870. The molecule has 0 heterocycles. The van der Waals surface area contributed by atoms with Crippen molar-refractivity contribution in [3.63, 3.8) is 0 Å². The van der Waals surface area contributed by atoms with Crippen LogP contribution in [0.4, 0.5) is 14.9 Å². The van der Waals surface area contributed by atoms with E-state index in [0.29, 0.717) is 17.9 Å². The van der Waals surface area contributed by atoms with E-state index in [1.807, 2.05) is 60.7 Å². The highest BCUT2D eigenvalue weighted by atomic mass is 19.1. The summed E-state index contributed by atoms with van der Waals surface area (Å²) in [5.41, 5.74) is 8.54. The second kappa shape index (κ2) is 8.86. The van der Waals surface area contributed by atoms with Gasteiger partial charge in [0.05, 0.1) is 0 Å². The molecule has 0 bridgehead atoms. The summed E-state index contributed by atoms with van der Waals surface area (Å²) < 4.78 is 13.8. The van der Waals surface area contributed by atoms with Crippen LogP contribution in [0.1, 0.15) is 17.2 Å². The Bertz CT molecular complexity index is 944. The lowest BCUT2D eigenvalue weighted by atomic mass is 10.0. The van der Waals surface area contributed by atoms with E-state index in [1.54, 1.807) is 12.1 Å². The lowest BCUT2D eigenvalue weighted by Gasteiger charge is -2.33. The van der Waals surface area contributed by atoms with Crippen molar-refractivity contribution in [2.75, 3.05) is 4.90 Å². The third-order valence-corrected chi connectivity index (χ3v) is 4.39. The minimum Gasteiger partial charge on any atom is -0.383 e. The zero-order valence-corrected chi connectivity index (χ0v) is 15.4. The number of hydrogen-bond donors (Lipinski definition) is 2. The molecule has 0 aromatic heterocycles. The smallest absolute Gasteiger partial charge is 0.320 e. The summed E-state index contributed by atoms with van der Waals surface area (Å²) in [7, 11) is 0. The topological polar surface area (TPSA) is 58.4 Å². The molecule has 2 amide bonds. The first-order valence-corrected chi connectivity index (χ1v) is 8.92. The van der Waals surface area contributed by atoms with E-state index in [2.05, 4.69) is 11.9 Å². The average molecular weight is 375 g/mol. The number of amides is 2. The summed E-state index contributed by atoms with van der Waals surface area (Å²) in [6.45, 7) is 4.68. The van der Waals surface area contributed by atoms with E-state index in [9.17, 15) is 9.18 Å². The molecule has 0 spiro atoms. The van der Waals surface area contributed by atoms with Crippen LogP contribution in [-0.4, -0.2) is 6.03 Å². The Morgan fingerprint density at radius 1 is 1.00 bits per heavy atom. The van der Waals surface area contributed by atoms with Crippen molar-refractivity contribution >= 4 is 11.7 Å². The highest BCUT2D eigenvalue weighted by Crippen LogP contribution is 2.31. The molecule has 4 nitrogen and oxygen atoms in total. The van der Waals surface area contributed by atoms with Gasteiger partial charge in [-0.15, -0.1) is 0 Å². The molecule has 3 N–H and O–H groups in total. The van der Waals surface area contributed by atoms with Crippen molar-refractivity contribution in [2.45, 2.75) is 12.6 Å². The number of primary amides is 1. The number of nitrogens with zero attached hydrogens (tertiary/aromatic N) is 1. The van der Waals surface area contributed by atoms with Gasteiger partial charge in [0, 0.05) is 17.9 Å². The Morgan fingerprint density at radius 3 is 2.25 bits per heavy atom. The number of hydrogen-bond acceptors (Lipinski definition) is 2. The largest absolute Gasteiger partial charge is 0.383 e. The maximum atomic E-state index is 13.8. The second-order valence-electron chi connectivity index (χ2n) is 6.37. The average Bonchev–Trinajstić information content (AvgIpc) is 2.71. The molecule has 0 saturated heterocycles. The van der Waals surface area contributed by atoms with Gasteiger partial charge in [-0.2, -0.15) is 0 Å². The van der Waals surface area contributed by atoms with E-state index < -0.39 is 17.9 Å². The van der Waals surface area contributed by atoms with Crippen LogP contribution >= 0.6 is 0 Å². The zero-order chi connectivity index (χ0) is 19.9. The van der Waals surface area contributed by atoms with Crippen molar-refractivity contribution in [3.8, 4) is 0 Å². The van der Waals surface area contributed by atoms with Gasteiger partial charge in [0.1, 0.15) is 11.9 Å². The zero-order valence-electron chi connectivity index (χ0n) is 15.4. The van der Waals surface area contributed by atoms with E-state index in [4.69, 9.17) is 5.73 Å². The number of halogens is 1. The number of rotatable bonds is 7. The summed E-state index contributed by atoms with van der Waals surface area (Å²) in [6, 6.07) is 23.8. The molecule has 3 aromatic carbocycles. The number of nitrogens with two attached hydrogens (primary N) is 1. The third kappa shape index (κ3) is 4.57. The first kappa shape index (κ1) is 19.2. The van der Waals surface area contributed by atoms with Crippen LogP contribution < -0.4 is 16.0 Å². The highest BCUT2D eigenvalue weighted by molar-refractivity contribution is 5.92. The van der Waals surface area contributed by atoms with Crippen LogP contribution in [0.15, 0.2) is 97.2 Å². The first-order chi connectivity index (χ1) is 13.6. The molecular weight excluding hydrogens is 353 g/mol. The van der Waals surface area contributed by atoms with E-state index in [-0.39, 0.29) is 0 Å². The van der Waals surface area contributed by atoms with Gasteiger partial charge in [0.2, 0.25) is 0 Å². The molecular formula is C23H22FN3O. The summed E-state index contributed by atoms with van der Waals surface area (Å²) >= 11 is 0. The van der Waals surface area contributed by atoms with Gasteiger partial charge in [0.15, 0.2) is 0 Å². The van der Waals surface area contributed by atoms with Crippen LogP contribution in [0.2, 0.25) is 0 Å². The number of urea groups is 1. The Balaban J connectivity index is 1.95. The number of benzene rings is 3. The van der Waals surface area contributed by atoms with Gasteiger partial charge in [-0.3, -0.25) is 4.90 Å². The molecule has 0 saturated carbocycles. The van der Waals surface area contributed by atoms with Crippen molar-refractivity contribution in [2.24, 2.45) is 5.73 Å². The standard InChI is InChI=1S/C23H22FN3O/c1-17(26-16-18-9-4-2-5-10-18)22(19-11-6-3-7-12-19)27(23(25)28)21-14-8-13-20(24)15-21/h2-15,22,26H,1,16H2,(H2,25,28). The summed E-state index contributed by atoms with van der Waals surface area (Å²) in [5, 5.41) is 3.28. The van der Waals surface area contributed by atoms with Crippen LogP contribution in [0.3, 0.4) is 0 Å². The molecule has 0 aliphatic heterocycles. The summed E-state index contributed by atoms with van der Waals surface area (Å²) in [4.78, 5) is 13.7. The fourth-order valence-corrected chi connectivity index (χ4v) is 3.08. The van der Waals surface area contributed by atoms with Crippen LogP contribution in [-0.2, 0) is 6.54 Å².